The predicted molar refractivity (Wildman–Crippen MR) is 124 cm³/mol. The molecule has 2 heterocycles. The summed E-state index contributed by atoms with van der Waals surface area (Å²) >= 11 is 6.29. The molecule has 7 heteroatoms. The van der Waals surface area contributed by atoms with Gasteiger partial charge in [-0.2, -0.15) is 5.10 Å². The Bertz CT molecular complexity index is 1120. The molecule has 0 bridgehead atoms. The van der Waals surface area contributed by atoms with Crippen molar-refractivity contribution >= 4 is 23.2 Å². The van der Waals surface area contributed by atoms with E-state index in [1.807, 2.05) is 60.4 Å². The van der Waals surface area contributed by atoms with E-state index in [0.29, 0.717) is 13.1 Å². The Morgan fingerprint density at radius 2 is 1.68 bits per heavy atom. The first-order chi connectivity index (χ1) is 15.0. The molecular weight excluding hydrogens is 412 g/mol. The molecule has 0 aliphatic carbocycles. The number of hydrogen-bond acceptors (Lipinski definition) is 4. The number of carbonyl (C=O) groups is 1. The fraction of sp³-hybridized carbons (Fsp3) is 0.292. The second kappa shape index (κ2) is 9.35. The summed E-state index contributed by atoms with van der Waals surface area (Å²) in [7, 11) is 0. The molecule has 0 saturated carbocycles. The molecule has 3 aromatic rings. The van der Waals surface area contributed by atoms with Crippen LogP contribution in [0.15, 0.2) is 65.5 Å². The van der Waals surface area contributed by atoms with E-state index in [-0.39, 0.29) is 24.4 Å². The first kappa shape index (κ1) is 21.1. The quantitative estimate of drug-likeness (QED) is 0.613. The summed E-state index contributed by atoms with van der Waals surface area (Å²) in [6, 6.07) is 19.0. The number of aromatic nitrogens is 2. The van der Waals surface area contributed by atoms with Crippen molar-refractivity contribution in [3.05, 3.63) is 81.6 Å². The zero-order chi connectivity index (χ0) is 21.8. The molecule has 1 amide bonds. The topological polar surface area (TPSA) is 58.4 Å². The monoisotopic (exact) mass is 436 g/mol. The van der Waals surface area contributed by atoms with Crippen molar-refractivity contribution < 1.29 is 4.79 Å². The molecule has 0 N–H and O–H groups in total. The number of piperazine rings is 1. The van der Waals surface area contributed by atoms with Gasteiger partial charge in [-0.15, -0.1) is 0 Å². The maximum absolute atomic E-state index is 12.7. The van der Waals surface area contributed by atoms with Gasteiger partial charge < -0.3 is 9.80 Å². The van der Waals surface area contributed by atoms with Crippen molar-refractivity contribution in [3.63, 3.8) is 0 Å². The standard InChI is InChI=1S/C24H25ClN4O2/c1-18-6-8-19(9-7-18)21-10-11-24(31)29(26-21)13-12-23(30)28-16-14-27(15-17-28)22-5-3-2-4-20(22)25/h2-11H,12-17H2,1H3. The van der Waals surface area contributed by atoms with Crippen LogP contribution in [0.3, 0.4) is 0 Å². The van der Waals surface area contributed by atoms with Gasteiger partial charge >= 0.3 is 0 Å². The molecule has 1 fully saturated rings. The van der Waals surface area contributed by atoms with Crippen molar-refractivity contribution in [1.29, 1.82) is 0 Å². The van der Waals surface area contributed by atoms with E-state index in [9.17, 15) is 9.59 Å². The summed E-state index contributed by atoms with van der Waals surface area (Å²) in [5.74, 6) is 0.0354. The lowest BCUT2D eigenvalue weighted by atomic mass is 10.1. The smallest absolute Gasteiger partial charge is 0.266 e. The van der Waals surface area contributed by atoms with Crippen molar-refractivity contribution in [3.8, 4) is 11.3 Å². The molecule has 0 atom stereocenters. The van der Waals surface area contributed by atoms with Crippen LogP contribution in [0.2, 0.25) is 5.02 Å². The van der Waals surface area contributed by atoms with Gasteiger partial charge in [-0.1, -0.05) is 53.6 Å². The molecule has 4 rings (SSSR count). The van der Waals surface area contributed by atoms with Crippen LogP contribution in [-0.2, 0) is 11.3 Å². The van der Waals surface area contributed by atoms with E-state index < -0.39 is 0 Å². The zero-order valence-electron chi connectivity index (χ0n) is 17.5. The van der Waals surface area contributed by atoms with E-state index in [2.05, 4.69) is 10.00 Å². The molecule has 31 heavy (non-hydrogen) atoms. The van der Waals surface area contributed by atoms with Crippen molar-refractivity contribution in [2.45, 2.75) is 19.9 Å². The fourth-order valence-corrected chi connectivity index (χ4v) is 4.01. The third kappa shape index (κ3) is 4.97. The number of rotatable bonds is 5. The molecule has 0 radical (unpaired) electrons. The molecule has 1 aliphatic rings. The zero-order valence-corrected chi connectivity index (χ0v) is 18.3. The highest BCUT2D eigenvalue weighted by molar-refractivity contribution is 6.33. The summed E-state index contributed by atoms with van der Waals surface area (Å²) in [4.78, 5) is 29.0. The average molecular weight is 437 g/mol. The van der Waals surface area contributed by atoms with Crippen LogP contribution in [0.1, 0.15) is 12.0 Å². The molecule has 160 valence electrons. The lowest BCUT2D eigenvalue weighted by Gasteiger charge is -2.36. The molecule has 0 spiro atoms. The Labute approximate surface area is 186 Å². The minimum absolute atomic E-state index is 0.0354. The van der Waals surface area contributed by atoms with Crippen LogP contribution >= 0.6 is 11.6 Å². The summed E-state index contributed by atoms with van der Waals surface area (Å²) in [5.41, 5.74) is 3.63. The van der Waals surface area contributed by atoms with Crippen LogP contribution in [0, 0.1) is 6.92 Å². The van der Waals surface area contributed by atoms with E-state index in [4.69, 9.17) is 11.6 Å². The number of amides is 1. The highest BCUT2D eigenvalue weighted by Gasteiger charge is 2.22. The normalized spacial score (nSPS) is 14.0. The van der Waals surface area contributed by atoms with Gasteiger partial charge in [-0.25, -0.2) is 4.68 Å². The van der Waals surface area contributed by atoms with Crippen molar-refractivity contribution in [2.75, 3.05) is 31.1 Å². The Hall–Kier alpha value is -3.12. The summed E-state index contributed by atoms with van der Waals surface area (Å²) in [6.45, 7) is 5.03. The first-order valence-electron chi connectivity index (χ1n) is 10.4. The predicted octanol–water partition coefficient (Wildman–Crippen LogP) is 3.61. The van der Waals surface area contributed by atoms with Crippen LogP contribution in [0.25, 0.3) is 11.3 Å². The Balaban J connectivity index is 1.36. The van der Waals surface area contributed by atoms with Gasteiger partial charge in [0.15, 0.2) is 0 Å². The van der Waals surface area contributed by atoms with Gasteiger partial charge in [0.05, 0.1) is 22.9 Å². The number of carbonyl (C=O) groups excluding carboxylic acids is 1. The van der Waals surface area contributed by atoms with Gasteiger partial charge in [-0.3, -0.25) is 9.59 Å². The lowest BCUT2D eigenvalue weighted by Crippen LogP contribution is -2.49. The number of nitrogens with zero attached hydrogens (tertiary/aromatic N) is 4. The van der Waals surface area contributed by atoms with Crippen molar-refractivity contribution in [1.82, 2.24) is 14.7 Å². The minimum atomic E-state index is -0.202. The van der Waals surface area contributed by atoms with E-state index >= 15 is 0 Å². The third-order valence-corrected chi connectivity index (χ3v) is 5.90. The minimum Gasteiger partial charge on any atom is -0.367 e. The van der Waals surface area contributed by atoms with E-state index in [1.165, 1.54) is 10.7 Å². The van der Waals surface area contributed by atoms with Crippen LogP contribution in [-0.4, -0.2) is 46.8 Å². The van der Waals surface area contributed by atoms with Gasteiger partial charge in [-0.05, 0) is 25.1 Å². The lowest BCUT2D eigenvalue weighted by molar-refractivity contribution is -0.131. The average Bonchev–Trinajstić information content (AvgIpc) is 2.79. The molecule has 1 saturated heterocycles. The number of aryl methyl sites for hydroxylation is 2. The van der Waals surface area contributed by atoms with E-state index in [0.717, 1.165) is 40.6 Å². The highest BCUT2D eigenvalue weighted by atomic mass is 35.5. The van der Waals surface area contributed by atoms with E-state index in [1.54, 1.807) is 6.07 Å². The molecule has 2 aromatic carbocycles. The largest absolute Gasteiger partial charge is 0.367 e. The summed E-state index contributed by atoms with van der Waals surface area (Å²) < 4.78 is 1.38. The number of anilines is 1. The number of benzene rings is 2. The Morgan fingerprint density at radius 3 is 2.39 bits per heavy atom. The van der Waals surface area contributed by atoms with Gasteiger partial charge in [0.2, 0.25) is 5.91 Å². The second-order valence-electron chi connectivity index (χ2n) is 7.72. The Kier molecular flexibility index (Phi) is 6.37. The molecular formula is C24H25ClN4O2. The van der Waals surface area contributed by atoms with Gasteiger partial charge in [0.1, 0.15) is 0 Å². The fourth-order valence-electron chi connectivity index (χ4n) is 3.75. The SMILES string of the molecule is Cc1ccc(-c2ccc(=O)n(CCC(=O)N3CCN(c4ccccc4Cl)CC3)n2)cc1. The highest BCUT2D eigenvalue weighted by Crippen LogP contribution is 2.26. The maximum Gasteiger partial charge on any atom is 0.266 e. The number of para-hydroxylation sites is 1. The van der Waals surface area contributed by atoms with Gasteiger partial charge in [0.25, 0.3) is 5.56 Å². The molecule has 1 aliphatic heterocycles. The number of hydrogen-bond donors (Lipinski definition) is 0. The van der Waals surface area contributed by atoms with Crippen LogP contribution in [0.4, 0.5) is 5.69 Å². The maximum atomic E-state index is 12.7. The number of halogens is 1. The Morgan fingerprint density at radius 1 is 0.968 bits per heavy atom. The van der Waals surface area contributed by atoms with Crippen LogP contribution in [0.5, 0.6) is 0 Å². The second-order valence-corrected chi connectivity index (χ2v) is 8.12. The molecule has 0 unspecified atom stereocenters. The summed E-state index contributed by atoms with van der Waals surface area (Å²) in [6.07, 6.45) is 0.246. The third-order valence-electron chi connectivity index (χ3n) is 5.58. The van der Waals surface area contributed by atoms with Crippen molar-refractivity contribution in [2.24, 2.45) is 0 Å². The molecule has 6 nitrogen and oxygen atoms in total. The van der Waals surface area contributed by atoms with Gasteiger partial charge in [0, 0.05) is 44.2 Å². The molecule has 1 aromatic heterocycles. The van der Waals surface area contributed by atoms with Crippen LogP contribution < -0.4 is 10.5 Å². The first-order valence-corrected chi connectivity index (χ1v) is 10.8. The summed E-state index contributed by atoms with van der Waals surface area (Å²) in [5, 5.41) is 5.18.